The number of hydrogen-bond acceptors (Lipinski definition) is 8. The lowest BCUT2D eigenvalue weighted by Gasteiger charge is -2.08. The van der Waals surface area contributed by atoms with Crippen LogP contribution in [0.4, 0.5) is 5.69 Å². The molecular weight excluding hydrogens is 426 g/mol. The van der Waals surface area contributed by atoms with E-state index >= 15 is 0 Å². The van der Waals surface area contributed by atoms with E-state index in [2.05, 4.69) is 4.99 Å². The number of benzene rings is 2. The van der Waals surface area contributed by atoms with Crippen LogP contribution >= 0.6 is 11.3 Å². The summed E-state index contributed by atoms with van der Waals surface area (Å²) in [4.78, 5) is 39.8. The first-order valence-corrected chi connectivity index (χ1v) is 9.94. The lowest BCUT2D eigenvalue weighted by atomic mass is 10.2. The Hall–Kier alpha value is -3.73. The van der Waals surface area contributed by atoms with Gasteiger partial charge in [0.2, 0.25) is 0 Å². The minimum Gasteiger partial charge on any atom is -0.493 e. The highest BCUT2D eigenvalue weighted by molar-refractivity contribution is 7.16. The van der Waals surface area contributed by atoms with Crippen molar-refractivity contribution in [1.29, 1.82) is 0 Å². The van der Waals surface area contributed by atoms with Crippen molar-refractivity contribution in [3.05, 3.63) is 56.9 Å². The van der Waals surface area contributed by atoms with Crippen molar-refractivity contribution in [1.82, 2.24) is 4.57 Å². The molecule has 10 nitrogen and oxygen atoms in total. The molecule has 0 fully saturated rings. The third-order valence-corrected chi connectivity index (χ3v) is 5.34. The fourth-order valence-corrected chi connectivity index (χ4v) is 3.93. The summed E-state index contributed by atoms with van der Waals surface area (Å²) in [6.45, 7) is 1.69. The molecule has 0 spiro atoms. The largest absolute Gasteiger partial charge is 0.493 e. The van der Waals surface area contributed by atoms with E-state index in [1.807, 2.05) is 0 Å². The lowest BCUT2D eigenvalue weighted by molar-refractivity contribution is -0.384. The standard InChI is InChI=1S/C20H19N3O7S/c1-4-30-18(24)11-22-14-7-6-13(23(26)27)10-17(14)31-20(22)21-19(25)12-5-8-15(28-2)16(9-12)29-3/h5-10H,4,11H2,1-3H3. The maximum atomic E-state index is 12.8. The molecule has 0 N–H and O–H groups in total. The van der Waals surface area contributed by atoms with Crippen LogP contribution in [0.25, 0.3) is 10.2 Å². The van der Waals surface area contributed by atoms with Gasteiger partial charge in [0, 0.05) is 17.7 Å². The monoisotopic (exact) mass is 445 g/mol. The van der Waals surface area contributed by atoms with Crippen LogP contribution in [-0.2, 0) is 16.1 Å². The summed E-state index contributed by atoms with van der Waals surface area (Å²) in [7, 11) is 2.94. The van der Waals surface area contributed by atoms with Gasteiger partial charge in [0.1, 0.15) is 6.54 Å². The summed E-state index contributed by atoms with van der Waals surface area (Å²) in [6, 6.07) is 8.85. The van der Waals surface area contributed by atoms with E-state index in [4.69, 9.17) is 14.2 Å². The first-order chi connectivity index (χ1) is 14.9. The number of methoxy groups -OCH3 is 2. The van der Waals surface area contributed by atoms with Crippen molar-refractivity contribution >= 4 is 39.1 Å². The number of aromatic nitrogens is 1. The molecule has 11 heteroatoms. The van der Waals surface area contributed by atoms with Gasteiger partial charge >= 0.3 is 5.97 Å². The molecule has 0 radical (unpaired) electrons. The molecule has 0 bridgehead atoms. The number of carbonyl (C=O) groups is 2. The van der Waals surface area contributed by atoms with Crippen molar-refractivity contribution in [2.75, 3.05) is 20.8 Å². The fourth-order valence-electron chi connectivity index (χ4n) is 2.87. The highest BCUT2D eigenvalue weighted by Crippen LogP contribution is 2.28. The van der Waals surface area contributed by atoms with Gasteiger partial charge < -0.3 is 18.8 Å². The smallest absolute Gasteiger partial charge is 0.326 e. The third kappa shape index (κ3) is 4.72. The maximum absolute atomic E-state index is 12.8. The van der Waals surface area contributed by atoms with E-state index in [1.165, 1.54) is 43.1 Å². The number of ether oxygens (including phenoxy) is 3. The van der Waals surface area contributed by atoms with Crippen molar-refractivity contribution in [2.45, 2.75) is 13.5 Å². The topological polar surface area (TPSA) is 122 Å². The van der Waals surface area contributed by atoms with Crippen molar-refractivity contribution in [3.8, 4) is 11.5 Å². The predicted molar refractivity (Wildman–Crippen MR) is 113 cm³/mol. The summed E-state index contributed by atoms with van der Waals surface area (Å²) in [5, 5.41) is 11.1. The lowest BCUT2D eigenvalue weighted by Crippen LogP contribution is -2.23. The molecule has 3 aromatic rings. The summed E-state index contributed by atoms with van der Waals surface area (Å²) in [5.41, 5.74) is 0.682. The van der Waals surface area contributed by atoms with Crippen molar-refractivity contribution in [3.63, 3.8) is 0 Å². The molecule has 1 amide bonds. The van der Waals surface area contributed by atoms with E-state index in [1.54, 1.807) is 19.1 Å². The molecule has 0 unspecified atom stereocenters. The number of non-ortho nitro benzene ring substituents is 1. The van der Waals surface area contributed by atoms with Crippen LogP contribution < -0.4 is 14.3 Å². The first kappa shape index (κ1) is 22.0. The zero-order valence-electron chi connectivity index (χ0n) is 17.0. The van der Waals surface area contributed by atoms with Crippen LogP contribution in [0.15, 0.2) is 41.4 Å². The second kappa shape index (κ2) is 9.39. The number of hydrogen-bond donors (Lipinski definition) is 0. The summed E-state index contributed by atoms with van der Waals surface area (Å²) >= 11 is 1.06. The van der Waals surface area contributed by atoms with Gasteiger partial charge in [-0.3, -0.25) is 19.7 Å². The van der Waals surface area contributed by atoms with Gasteiger partial charge in [0.15, 0.2) is 16.3 Å². The van der Waals surface area contributed by atoms with Gasteiger partial charge in [-0.2, -0.15) is 4.99 Å². The number of thiazole rings is 1. The second-order valence-electron chi connectivity index (χ2n) is 6.17. The summed E-state index contributed by atoms with van der Waals surface area (Å²) in [6.07, 6.45) is 0. The zero-order chi connectivity index (χ0) is 22.5. The maximum Gasteiger partial charge on any atom is 0.326 e. The normalized spacial score (nSPS) is 11.4. The highest BCUT2D eigenvalue weighted by Gasteiger charge is 2.16. The van der Waals surface area contributed by atoms with E-state index < -0.39 is 16.8 Å². The molecule has 1 heterocycles. The van der Waals surface area contributed by atoms with E-state index in [9.17, 15) is 19.7 Å². The van der Waals surface area contributed by atoms with Crippen molar-refractivity contribution in [2.24, 2.45) is 4.99 Å². The Labute approximate surface area is 180 Å². The van der Waals surface area contributed by atoms with Crippen LogP contribution in [-0.4, -0.2) is 42.2 Å². The molecular formula is C20H19N3O7S. The molecule has 0 atom stereocenters. The Morgan fingerprint density at radius 2 is 1.87 bits per heavy atom. The van der Waals surface area contributed by atoms with Crippen molar-refractivity contribution < 1.29 is 28.7 Å². The molecule has 0 aliphatic rings. The Balaban J connectivity index is 2.12. The minimum absolute atomic E-state index is 0.102. The number of esters is 1. The number of carbonyl (C=O) groups excluding carboxylic acids is 2. The molecule has 3 rings (SSSR count). The second-order valence-corrected chi connectivity index (χ2v) is 7.18. The highest BCUT2D eigenvalue weighted by atomic mass is 32.1. The molecule has 0 aliphatic heterocycles. The van der Waals surface area contributed by atoms with Gasteiger partial charge in [0.05, 0.1) is 36.0 Å². The van der Waals surface area contributed by atoms with Crippen LogP contribution in [0, 0.1) is 10.1 Å². The predicted octanol–water partition coefficient (Wildman–Crippen LogP) is 2.93. The Kier molecular flexibility index (Phi) is 6.65. The fraction of sp³-hybridized carbons (Fsp3) is 0.250. The zero-order valence-corrected chi connectivity index (χ0v) is 17.8. The Bertz CT molecular complexity index is 1230. The molecule has 2 aromatic carbocycles. The Morgan fingerprint density at radius 1 is 1.13 bits per heavy atom. The van der Waals surface area contributed by atoms with E-state index in [-0.39, 0.29) is 29.2 Å². The van der Waals surface area contributed by atoms with Crippen LogP contribution in [0.5, 0.6) is 11.5 Å². The quantitative estimate of drug-likeness (QED) is 0.311. The van der Waals surface area contributed by atoms with E-state index in [0.29, 0.717) is 21.7 Å². The van der Waals surface area contributed by atoms with Crippen LogP contribution in [0.2, 0.25) is 0 Å². The molecule has 162 valence electrons. The van der Waals surface area contributed by atoms with Gasteiger partial charge in [-0.25, -0.2) is 0 Å². The number of rotatable bonds is 7. The first-order valence-electron chi connectivity index (χ1n) is 9.12. The van der Waals surface area contributed by atoms with E-state index in [0.717, 1.165) is 11.3 Å². The average molecular weight is 445 g/mol. The Morgan fingerprint density at radius 3 is 2.52 bits per heavy atom. The van der Waals surface area contributed by atoms with Crippen LogP contribution in [0.1, 0.15) is 17.3 Å². The third-order valence-electron chi connectivity index (χ3n) is 4.30. The summed E-state index contributed by atoms with van der Waals surface area (Å²) in [5.74, 6) is -0.249. The number of nitrogens with zero attached hydrogens (tertiary/aromatic N) is 3. The van der Waals surface area contributed by atoms with Gasteiger partial charge in [-0.15, -0.1) is 0 Å². The van der Waals surface area contributed by atoms with Crippen LogP contribution in [0.3, 0.4) is 0 Å². The minimum atomic E-state index is -0.570. The SMILES string of the molecule is CCOC(=O)Cn1c(=NC(=O)c2ccc(OC)c(OC)c2)sc2cc([N+](=O)[O-])ccc21. The number of amides is 1. The van der Waals surface area contributed by atoms with Gasteiger partial charge in [0.25, 0.3) is 11.6 Å². The number of nitro benzene ring substituents is 1. The van der Waals surface area contributed by atoms with Gasteiger partial charge in [-0.1, -0.05) is 11.3 Å². The molecule has 0 saturated carbocycles. The molecule has 0 aliphatic carbocycles. The number of nitro groups is 1. The van der Waals surface area contributed by atoms with Gasteiger partial charge in [-0.05, 0) is 31.2 Å². The average Bonchev–Trinajstić information content (AvgIpc) is 3.09. The number of fused-ring (bicyclic) bond motifs is 1. The molecule has 1 aromatic heterocycles. The molecule has 0 saturated heterocycles. The molecule has 31 heavy (non-hydrogen) atoms. The summed E-state index contributed by atoms with van der Waals surface area (Å²) < 4.78 is 17.4.